The third-order valence-corrected chi connectivity index (χ3v) is 5.60. The van der Waals surface area contributed by atoms with Crippen LogP contribution in [0.4, 0.5) is 0 Å². The van der Waals surface area contributed by atoms with E-state index in [1.165, 1.54) is 38.5 Å². The lowest BCUT2D eigenvalue weighted by atomic mass is 9.53. The molecule has 0 aromatic heterocycles. The summed E-state index contributed by atoms with van der Waals surface area (Å²) in [5, 5.41) is 3.47. The molecule has 18 heavy (non-hydrogen) atoms. The Morgan fingerprint density at radius 3 is 2.11 bits per heavy atom. The Morgan fingerprint density at radius 1 is 1.17 bits per heavy atom. The fourth-order valence-corrected chi connectivity index (χ4v) is 5.21. The molecule has 1 atom stereocenters. The number of rotatable bonds is 4. The fourth-order valence-electron chi connectivity index (χ4n) is 5.21. The number of carbonyl (C=O) groups excluding carboxylic acids is 1. The van der Waals surface area contributed by atoms with Crippen LogP contribution in [0.5, 0.6) is 0 Å². The van der Waals surface area contributed by atoms with Crippen molar-refractivity contribution in [2.24, 2.45) is 23.7 Å². The largest absolute Gasteiger partial charge is 0.350 e. The third-order valence-electron chi connectivity index (χ3n) is 5.60. The molecule has 0 spiro atoms. The maximum atomic E-state index is 12.3. The second kappa shape index (κ2) is 4.54. The summed E-state index contributed by atoms with van der Waals surface area (Å²) in [5.41, 5.74) is 0.202. The van der Waals surface area contributed by atoms with Crippen molar-refractivity contribution in [2.75, 3.05) is 0 Å². The summed E-state index contributed by atoms with van der Waals surface area (Å²) in [6.07, 6.45) is 10.3. The predicted molar refractivity (Wildman–Crippen MR) is 73.1 cm³/mol. The monoisotopic (exact) mass is 249 g/mol. The van der Waals surface area contributed by atoms with E-state index in [2.05, 4.69) is 19.2 Å². The van der Waals surface area contributed by atoms with Crippen LogP contribution in [0.15, 0.2) is 0 Å². The molecular formula is C16H27NO. The maximum absolute atomic E-state index is 12.3. The Labute approximate surface area is 111 Å². The molecule has 2 heteroatoms. The number of amides is 1. The Morgan fingerprint density at radius 2 is 1.67 bits per heavy atom. The number of nitrogens with one attached hydrogen (secondary N) is 1. The highest BCUT2D eigenvalue weighted by atomic mass is 16.2. The smallest absolute Gasteiger partial charge is 0.223 e. The van der Waals surface area contributed by atoms with Crippen LogP contribution in [0.2, 0.25) is 0 Å². The lowest BCUT2D eigenvalue weighted by Crippen LogP contribution is -2.60. The van der Waals surface area contributed by atoms with Gasteiger partial charge in [-0.3, -0.25) is 4.79 Å². The van der Waals surface area contributed by atoms with Crippen molar-refractivity contribution >= 4 is 5.91 Å². The number of carbonyl (C=O) groups is 1. The SMILES string of the molecule is CCCC(C)C(=O)NC12CC3CC(CC(C3)C1)C2. The van der Waals surface area contributed by atoms with Gasteiger partial charge in [-0.15, -0.1) is 0 Å². The van der Waals surface area contributed by atoms with Gasteiger partial charge in [0.2, 0.25) is 5.91 Å². The van der Waals surface area contributed by atoms with Gasteiger partial charge in [0.05, 0.1) is 0 Å². The van der Waals surface area contributed by atoms with E-state index in [1.807, 2.05) is 0 Å². The first-order chi connectivity index (χ1) is 8.60. The van der Waals surface area contributed by atoms with Gasteiger partial charge in [-0.2, -0.15) is 0 Å². The van der Waals surface area contributed by atoms with E-state index in [-0.39, 0.29) is 11.5 Å². The van der Waals surface area contributed by atoms with Gasteiger partial charge in [0.25, 0.3) is 0 Å². The summed E-state index contributed by atoms with van der Waals surface area (Å²) in [5.74, 6) is 3.26. The highest BCUT2D eigenvalue weighted by molar-refractivity contribution is 5.79. The van der Waals surface area contributed by atoms with Crippen LogP contribution in [0.25, 0.3) is 0 Å². The van der Waals surface area contributed by atoms with Crippen molar-refractivity contribution in [1.82, 2.24) is 5.32 Å². The number of hydrogen-bond donors (Lipinski definition) is 1. The van der Waals surface area contributed by atoms with Crippen LogP contribution < -0.4 is 5.32 Å². The van der Waals surface area contributed by atoms with Gasteiger partial charge in [-0.1, -0.05) is 20.3 Å². The minimum absolute atomic E-state index is 0.197. The zero-order valence-corrected chi connectivity index (χ0v) is 11.9. The molecule has 1 unspecified atom stereocenters. The van der Waals surface area contributed by atoms with Gasteiger partial charge in [0, 0.05) is 11.5 Å². The average molecular weight is 249 g/mol. The summed E-state index contributed by atoms with van der Waals surface area (Å²) in [6.45, 7) is 4.24. The molecule has 4 rings (SSSR count). The number of hydrogen-bond acceptors (Lipinski definition) is 1. The van der Waals surface area contributed by atoms with Crippen LogP contribution in [0, 0.1) is 23.7 Å². The average Bonchev–Trinajstić information content (AvgIpc) is 2.26. The van der Waals surface area contributed by atoms with E-state index in [0.717, 1.165) is 30.6 Å². The highest BCUT2D eigenvalue weighted by Crippen LogP contribution is 2.55. The third kappa shape index (κ3) is 2.19. The van der Waals surface area contributed by atoms with E-state index >= 15 is 0 Å². The quantitative estimate of drug-likeness (QED) is 0.811. The van der Waals surface area contributed by atoms with Crippen LogP contribution >= 0.6 is 0 Å². The molecule has 4 fully saturated rings. The molecule has 4 aliphatic rings. The van der Waals surface area contributed by atoms with E-state index < -0.39 is 0 Å². The molecule has 4 bridgehead atoms. The van der Waals surface area contributed by atoms with E-state index in [4.69, 9.17) is 0 Å². The van der Waals surface area contributed by atoms with Crippen molar-refractivity contribution in [3.05, 3.63) is 0 Å². The van der Waals surface area contributed by atoms with Crippen molar-refractivity contribution in [3.63, 3.8) is 0 Å². The second-order valence-electron chi connectivity index (χ2n) is 7.38. The fraction of sp³-hybridized carbons (Fsp3) is 0.938. The summed E-state index contributed by atoms with van der Waals surface area (Å²) >= 11 is 0. The zero-order chi connectivity index (χ0) is 12.8. The lowest BCUT2D eigenvalue weighted by Gasteiger charge is -2.57. The molecule has 4 aliphatic carbocycles. The molecule has 4 saturated carbocycles. The first kappa shape index (κ1) is 12.5. The summed E-state index contributed by atoms with van der Waals surface area (Å²) in [4.78, 5) is 12.3. The van der Waals surface area contributed by atoms with Gasteiger partial charge in [0.15, 0.2) is 0 Å². The minimum atomic E-state index is 0.197. The van der Waals surface area contributed by atoms with Gasteiger partial charge in [-0.25, -0.2) is 0 Å². The van der Waals surface area contributed by atoms with Crippen LogP contribution in [0.1, 0.15) is 65.2 Å². The first-order valence-corrected chi connectivity index (χ1v) is 7.92. The molecular weight excluding hydrogens is 222 g/mol. The van der Waals surface area contributed by atoms with Gasteiger partial charge >= 0.3 is 0 Å². The van der Waals surface area contributed by atoms with Crippen molar-refractivity contribution in [3.8, 4) is 0 Å². The van der Waals surface area contributed by atoms with Crippen molar-refractivity contribution in [2.45, 2.75) is 70.8 Å². The highest BCUT2D eigenvalue weighted by Gasteiger charge is 2.51. The van der Waals surface area contributed by atoms with Crippen LogP contribution in [0.3, 0.4) is 0 Å². The Hall–Kier alpha value is -0.530. The molecule has 0 aliphatic heterocycles. The molecule has 0 heterocycles. The zero-order valence-electron chi connectivity index (χ0n) is 11.9. The summed E-state index contributed by atoms with van der Waals surface area (Å²) < 4.78 is 0. The Balaban J connectivity index is 1.67. The van der Waals surface area contributed by atoms with E-state index in [9.17, 15) is 4.79 Å². The minimum Gasteiger partial charge on any atom is -0.350 e. The first-order valence-electron chi connectivity index (χ1n) is 7.92. The van der Waals surface area contributed by atoms with E-state index in [1.54, 1.807) is 0 Å². The van der Waals surface area contributed by atoms with Crippen molar-refractivity contribution < 1.29 is 4.79 Å². The molecule has 2 nitrogen and oxygen atoms in total. The van der Waals surface area contributed by atoms with Gasteiger partial charge < -0.3 is 5.32 Å². The molecule has 0 aromatic rings. The molecule has 1 N–H and O–H groups in total. The van der Waals surface area contributed by atoms with Crippen LogP contribution in [-0.2, 0) is 4.79 Å². The van der Waals surface area contributed by atoms with E-state index in [0.29, 0.717) is 5.91 Å². The van der Waals surface area contributed by atoms with Crippen molar-refractivity contribution in [1.29, 1.82) is 0 Å². The maximum Gasteiger partial charge on any atom is 0.223 e. The van der Waals surface area contributed by atoms with Gasteiger partial charge in [0.1, 0.15) is 0 Å². The molecule has 0 aromatic carbocycles. The second-order valence-corrected chi connectivity index (χ2v) is 7.38. The summed E-state index contributed by atoms with van der Waals surface area (Å²) in [6, 6.07) is 0. The summed E-state index contributed by atoms with van der Waals surface area (Å²) in [7, 11) is 0. The normalized spacial score (nSPS) is 42.9. The predicted octanol–water partition coefficient (Wildman–Crippen LogP) is 3.51. The molecule has 0 radical (unpaired) electrons. The van der Waals surface area contributed by atoms with Gasteiger partial charge in [-0.05, 0) is 62.7 Å². The lowest BCUT2D eigenvalue weighted by molar-refractivity contribution is -0.130. The Kier molecular flexibility index (Phi) is 3.15. The topological polar surface area (TPSA) is 29.1 Å². The Bertz CT molecular complexity index is 301. The van der Waals surface area contributed by atoms with Crippen LogP contribution in [-0.4, -0.2) is 11.4 Å². The standard InChI is InChI=1S/C16H27NO/c1-3-4-11(2)15(18)17-16-8-12-5-13(9-16)7-14(6-12)10-16/h11-14H,3-10H2,1-2H3,(H,17,18). The molecule has 1 amide bonds. The molecule has 0 saturated heterocycles. The molecule has 102 valence electrons.